The number of hydrogen-bond donors (Lipinski definition) is 0. The highest BCUT2D eigenvalue weighted by molar-refractivity contribution is 7.89. The van der Waals surface area contributed by atoms with Gasteiger partial charge < -0.3 is 4.57 Å². The van der Waals surface area contributed by atoms with Gasteiger partial charge in [0.05, 0.1) is 4.90 Å². The van der Waals surface area contributed by atoms with Crippen LogP contribution in [0.1, 0.15) is 20.8 Å². The molecule has 1 rings (SSSR count). The fraction of sp³-hybridized carbons (Fsp3) is 0.545. The summed E-state index contributed by atoms with van der Waals surface area (Å²) in [7, 11) is -3.48. The van der Waals surface area contributed by atoms with Gasteiger partial charge in [-0.3, -0.25) is 4.79 Å². The molecule has 5 nitrogen and oxygen atoms in total. The van der Waals surface area contributed by atoms with Gasteiger partial charge in [0.1, 0.15) is 0 Å². The quantitative estimate of drug-likeness (QED) is 0.788. The average Bonchev–Trinajstić information content (AvgIpc) is 2.30. The van der Waals surface area contributed by atoms with Crippen LogP contribution in [0.3, 0.4) is 0 Å². The van der Waals surface area contributed by atoms with E-state index in [9.17, 15) is 13.2 Å². The molecule has 1 aromatic rings. The highest BCUT2D eigenvalue weighted by Gasteiger charge is 2.21. The molecule has 0 fully saturated rings. The van der Waals surface area contributed by atoms with E-state index in [1.807, 2.05) is 0 Å². The summed E-state index contributed by atoms with van der Waals surface area (Å²) >= 11 is 0. The molecule has 0 radical (unpaired) electrons. The van der Waals surface area contributed by atoms with E-state index >= 15 is 0 Å². The molecule has 0 atom stereocenters. The second kappa shape index (κ2) is 5.46. The van der Waals surface area contributed by atoms with E-state index in [1.165, 1.54) is 27.2 Å². The Morgan fingerprint density at radius 3 is 2.24 bits per heavy atom. The van der Waals surface area contributed by atoms with Gasteiger partial charge in [0, 0.05) is 31.9 Å². The first-order valence-corrected chi connectivity index (χ1v) is 7.12. The molecule has 0 aliphatic carbocycles. The Labute approximate surface area is 102 Å². The molecule has 1 aromatic heterocycles. The number of pyridine rings is 1. The molecule has 0 aliphatic rings. The van der Waals surface area contributed by atoms with Crippen LogP contribution in [0.15, 0.2) is 28.0 Å². The van der Waals surface area contributed by atoms with E-state index in [2.05, 4.69) is 0 Å². The molecule has 17 heavy (non-hydrogen) atoms. The monoisotopic (exact) mass is 258 g/mol. The molecule has 0 unspecified atom stereocenters. The van der Waals surface area contributed by atoms with Crippen molar-refractivity contribution in [3.8, 4) is 0 Å². The Morgan fingerprint density at radius 1 is 1.18 bits per heavy atom. The van der Waals surface area contributed by atoms with Crippen LogP contribution >= 0.6 is 0 Å². The van der Waals surface area contributed by atoms with Gasteiger partial charge in [-0.2, -0.15) is 4.31 Å². The SMILES string of the molecule is CCN(CC)S(=O)(=O)c1ccc(=O)n(CC)c1. The van der Waals surface area contributed by atoms with Crippen LogP contribution in [0.25, 0.3) is 0 Å². The summed E-state index contributed by atoms with van der Waals surface area (Å²) in [5.41, 5.74) is -0.189. The van der Waals surface area contributed by atoms with E-state index in [4.69, 9.17) is 0 Å². The molecular weight excluding hydrogens is 240 g/mol. The first-order chi connectivity index (χ1) is 7.97. The van der Waals surface area contributed by atoms with Gasteiger partial charge in [0.25, 0.3) is 5.56 Å². The van der Waals surface area contributed by atoms with Crippen LogP contribution < -0.4 is 5.56 Å². The molecule has 0 aromatic carbocycles. The van der Waals surface area contributed by atoms with Crippen molar-refractivity contribution < 1.29 is 8.42 Å². The highest BCUT2D eigenvalue weighted by atomic mass is 32.2. The van der Waals surface area contributed by atoms with Crippen molar-refractivity contribution in [1.29, 1.82) is 0 Å². The van der Waals surface area contributed by atoms with E-state index in [-0.39, 0.29) is 10.5 Å². The van der Waals surface area contributed by atoms with Crippen LogP contribution in [0.4, 0.5) is 0 Å². The molecule has 96 valence electrons. The van der Waals surface area contributed by atoms with E-state index < -0.39 is 10.0 Å². The maximum atomic E-state index is 12.2. The Hall–Kier alpha value is -1.14. The van der Waals surface area contributed by atoms with E-state index in [0.717, 1.165) is 0 Å². The molecule has 0 spiro atoms. The maximum absolute atomic E-state index is 12.2. The lowest BCUT2D eigenvalue weighted by Crippen LogP contribution is -2.31. The van der Waals surface area contributed by atoms with Crippen LogP contribution in [0, 0.1) is 0 Å². The van der Waals surface area contributed by atoms with Crippen molar-refractivity contribution >= 4 is 10.0 Å². The summed E-state index contributed by atoms with van der Waals surface area (Å²) in [6, 6.07) is 2.65. The number of hydrogen-bond acceptors (Lipinski definition) is 3. The lowest BCUT2D eigenvalue weighted by atomic mass is 10.5. The zero-order valence-corrected chi connectivity index (χ0v) is 11.2. The van der Waals surface area contributed by atoms with Crippen molar-refractivity contribution in [1.82, 2.24) is 8.87 Å². The first kappa shape index (κ1) is 13.9. The normalized spacial score (nSPS) is 12.0. The fourth-order valence-electron chi connectivity index (χ4n) is 1.62. The third kappa shape index (κ3) is 2.76. The molecule has 1 heterocycles. The minimum absolute atomic E-state index is 0.169. The summed E-state index contributed by atoms with van der Waals surface area (Å²) in [6.45, 7) is 6.68. The molecule has 6 heteroatoms. The summed E-state index contributed by atoms with van der Waals surface area (Å²) in [5.74, 6) is 0. The number of sulfonamides is 1. The summed E-state index contributed by atoms with van der Waals surface area (Å²) in [6.07, 6.45) is 1.40. The van der Waals surface area contributed by atoms with Crippen molar-refractivity contribution in [3.05, 3.63) is 28.7 Å². The van der Waals surface area contributed by atoms with Crippen LogP contribution in [0.5, 0.6) is 0 Å². The summed E-state index contributed by atoms with van der Waals surface area (Å²) in [5, 5.41) is 0. The van der Waals surface area contributed by atoms with Gasteiger partial charge in [-0.1, -0.05) is 13.8 Å². The smallest absolute Gasteiger partial charge is 0.250 e. The topological polar surface area (TPSA) is 59.4 Å². The third-order valence-corrected chi connectivity index (χ3v) is 4.67. The van der Waals surface area contributed by atoms with Gasteiger partial charge in [0.15, 0.2) is 0 Å². The Kier molecular flexibility index (Phi) is 4.47. The van der Waals surface area contributed by atoms with Crippen molar-refractivity contribution in [2.24, 2.45) is 0 Å². The van der Waals surface area contributed by atoms with Gasteiger partial charge >= 0.3 is 0 Å². The minimum Gasteiger partial charge on any atom is -0.314 e. The predicted octanol–water partition coefficient (Wildman–Crippen LogP) is 0.899. The van der Waals surface area contributed by atoms with Gasteiger partial charge in [-0.05, 0) is 13.0 Å². The van der Waals surface area contributed by atoms with Crippen molar-refractivity contribution in [3.63, 3.8) is 0 Å². The predicted molar refractivity (Wildman–Crippen MR) is 66.5 cm³/mol. The van der Waals surface area contributed by atoms with Gasteiger partial charge in [0.2, 0.25) is 10.0 Å². The second-order valence-corrected chi connectivity index (χ2v) is 5.52. The van der Waals surface area contributed by atoms with Crippen LogP contribution in [-0.2, 0) is 16.6 Å². The Balaban J connectivity index is 3.29. The molecule has 0 saturated heterocycles. The number of aromatic nitrogens is 1. The fourth-order valence-corrected chi connectivity index (χ4v) is 3.10. The average molecular weight is 258 g/mol. The lowest BCUT2D eigenvalue weighted by Gasteiger charge is -2.18. The van der Waals surface area contributed by atoms with E-state index in [0.29, 0.717) is 19.6 Å². The lowest BCUT2D eigenvalue weighted by molar-refractivity contribution is 0.444. The number of aryl methyl sites for hydroxylation is 1. The molecule has 0 aliphatic heterocycles. The number of nitrogens with zero attached hydrogens (tertiary/aromatic N) is 2. The maximum Gasteiger partial charge on any atom is 0.250 e. The second-order valence-electron chi connectivity index (χ2n) is 3.58. The zero-order chi connectivity index (χ0) is 13.1. The summed E-state index contributed by atoms with van der Waals surface area (Å²) < 4.78 is 27.1. The van der Waals surface area contributed by atoms with Crippen LogP contribution in [-0.4, -0.2) is 30.4 Å². The number of rotatable bonds is 5. The Morgan fingerprint density at radius 2 is 1.76 bits per heavy atom. The van der Waals surface area contributed by atoms with Crippen molar-refractivity contribution in [2.75, 3.05) is 13.1 Å². The third-order valence-electron chi connectivity index (χ3n) is 2.64. The Bertz CT molecular complexity index is 530. The zero-order valence-electron chi connectivity index (χ0n) is 10.4. The highest BCUT2D eigenvalue weighted by Crippen LogP contribution is 2.13. The van der Waals surface area contributed by atoms with Gasteiger partial charge in [-0.25, -0.2) is 8.42 Å². The van der Waals surface area contributed by atoms with E-state index in [1.54, 1.807) is 20.8 Å². The minimum atomic E-state index is -3.48. The first-order valence-electron chi connectivity index (χ1n) is 5.68. The molecule has 0 bridgehead atoms. The molecule has 0 saturated carbocycles. The van der Waals surface area contributed by atoms with Crippen molar-refractivity contribution in [2.45, 2.75) is 32.2 Å². The molecule has 0 N–H and O–H groups in total. The summed E-state index contributed by atoms with van der Waals surface area (Å²) in [4.78, 5) is 11.6. The van der Waals surface area contributed by atoms with Crippen LogP contribution in [0.2, 0.25) is 0 Å². The standard InChI is InChI=1S/C11H18N2O3S/c1-4-12-9-10(7-8-11(12)14)17(15,16)13(5-2)6-3/h7-9H,4-6H2,1-3H3. The largest absolute Gasteiger partial charge is 0.314 e. The molecule has 0 amide bonds. The van der Waals surface area contributed by atoms with Gasteiger partial charge in [-0.15, -0.1) is 0 Å². The molecular formula is C11H18N2O3S.